The number of carbonyl (C=O) groups is 1. The lowest BCUT2D eigenvalue weighted by molar-refractivity contribution is -0.130. The summed E-state index contributed by atoms with van der Waals surface area (Å²) in [7, 11) is -3.35. The molecule has 1 aliphatic rings. The Morgan fingerprint density at radius 2 is 2.04 bits per heavy atom. The van der Waals surface area contributed by atoms with Crippen LogP contribution in [-0.2, 0) is 21.2 Å². The molecule has 0 bridgehead atoms. The number of nitrogens with one attached hydrogen (secondary N) is 1. The van der Waals surface area contributed by atoms with Crippen molar-refractivity contribution in [3.8, 4) is 0 Å². The van der Waals surface area contributed by atoms with Crippen LogP contribution in [0.5, 0.6) is 0 Å². The molecule has 8 nitrogen and oxygen atoms in total. The molecule has 0 spiro atoms. The van der Waals surface area contributed by atoms with Crippen LogP contribution in [0.15, 0.2) is 29.8 Å². The summed E-state index contributed by atoms with van der Waals surface area (Å²) in [6.07, 6.45) is 3.00. The minimum absolute atomic E-state index is 0.00289. The Hall–Kier alpha value is -2.20. The summed E-state index contributed by atoms with van der Waals surface area (Å²) in [6.45, 7) is 2.74. The van der Waals surface area contributed by atoms with E-state index in [1.165, 1.54) is 11.3 Å². The van der Waals surface area contributed by atoms with Gasteiger partial charge in [-0.2, -0.15) is 0 Å². The van der Waals surface area contributed by atoms with Crippen LogP contribution in [0.1, 0.15) is 5.69 Å². The summed E-state index contributed by atoms with van der Waals surface area (Å²) in [6, 6.07) is 5.79. The van der Waals surface area contributed by atoms with Crippen LogP contribution in [0.3, 0.4) is 0 Å². The second-order valence-electron chi connectivity index (χ2n) is 5.75. The molecule has 1 N–H and O–H groups in total. The van der Waals surface area contributed by atoms with Crippen LogP contribution in [0, 0.1) is 0 Å². The van der Waals surface area contributed by atoms with Gasteiger partial charge in [-0.3, -0.25) is 9.52 Å². The van der Waals surface area contributed by atoms with Gasteiger partial charge in [-0.05, 0) is 12.1 Å². The monoisotopic (exact) mass is 381 g/mol. The lowest BCUT2D eigenvalue weighted by atomic mass is 10.2. The van der Waals surface area contributed by atoms with E-state index >= 15 is 0 Å². The molecule has 0 unspecified atom stereocenters. The Balaban J connectivity index is 1.53. The van der Waals surface area contributed by atoms with Gasteiger partial charge in [-0.25, -0.2) is 18.4 Å². The van der Waals surface area contributed by atoms with E-state index < -0.39 is 10.0 Å². The molecule has 1 amide bonds. The van der Waals surface area contributed by atoms with Gasteiger partial charge >= 0.3 is 0 Å². The highest BCUT2D eigenvalue weighted by Gasteiger charge is 2.22. The van der Waals surface area contributed by atoms with Crippen molar-refractivity contribution in [3.63, 3.8) is 0 Å². The molecule has 0 radical (unpaired) electrons. The molecule has 2 aromatic rings. The standard InChI is InChI=1S/C15H19N5O3S2/c1-25(22,23)18-15-17-12(11-24-15)10-14(21)20-8-6-19(7-9-20)13-4-2-3-5-16-13/h2-5,11H,6-10H2,1H3,(H,17,18). The van der Waals surface area contributed by atoms with E-state index in [-0.39, 0.29) is 17.5 Å². The molecule has 0 aromatic carbocycles. The number of nitrogens with zero attached hydrogens (tertiary/aromatic N) is 4. The fourth-order valence-corrected chi connectivity index (χ4v) is 4.15. The first kappa shape index (κ1) is 17.6. The van der Waals surface area contributed by atoms with E-state index in [0.717, 1.165) is 25.2 Å². The molecule has 1 saturated heterocycles. The highest BCUT2D eigenvalue weighted by atomic mass is 32.2. The molecule has 0 saturated carbocycles. The molecule has 0 atom stereocenters. The Morgan fingerprint density at radius 1 is 1.28 bits per heavy atom. The Morgan fingerprint density at radius 3 is 2.68 bits per heavy atom. The number of hydrogen-bond acceptors (Lipinski definition) is 7. The summed E-state index contributed by atoms with van der Waals surface area (Å²) in [5.41, 5.74) is 0.577. The van der Waals surface area contributed by atoms with Gasteiger partial charge < -0.3 is 9.80 Å². The molecular formula is C15H19N5O3S2. The minimum atomic E-state index is -3.35. The Bertz CT molecular complexity index is 830. The zero-order valence-corrected chi connectivity index (χ0v) is 15.4. The van der Waals surface area contributed by atoms with Gasteiger partial charge in [0.15, 0.2) is 5.13 Å². The van der Waals surface area contributed by atoms with Crippen LogP contribution < -0.4 is 9.62 Å². The first-order valence-corrected chi connectivity index (χ1v) is 10.5. The number of sulfonamides is 1. The van der Waals surface area contributed by atoms with E-state index in [1.54, 1.807) is 11.6 Å². The Kier molecular flexibility index (Phi) is 5.19. The lowest BCUT2D eigenvalue weighted by Crippen LogP contribution is -2.49. The van der Waals surface area contributed by atoms with E-state index in [4.69, 9.17) is 0 Å². The lowest BCUT2D eigenvalue weighted by Gasteiger charge is -2.35. The van der Waals surface area contributed by atoms with E-state index in [0.29, 0.717) is 18.8 Å². The maximum absolute atomic E-state index is 12.4. The number of rotatable bonds is 5. The third-order valence-electron chi connectivity index (χ3n) is 3.76. The fraction of sp³-hybridized carbons (Fsp3) is 0.400. The van der Waals surface area contributed by atoms with Crippen molar-refractivity contribution in [2.45, 2.75) is 6.42 Å². The molecule has 10 heteroatoms. The number of hydrogen-bond donors (Lipinski definition) is 1. The SMILES string of the molecule is CS(=O)(=O)Nc1nc(CC(=O)N2CCN(c3ccccn3)CC2)cs1. The predicted molar refractivity (Wildman–Crippen MR) is 97.3 cm³/mol. The molecule has 134 valence electrons. The number of thiazole rings is 1. The summed E-state index contributed by atoms with van der Waals surface area (Å²) in [4.78, 5) is 24.9. The number of anilines is 2. The molecule has 2 aromatic heterocycles. The summed E-state index contributed by atoms with van der Waals surface area (Å²) in [5.74, 6) is 0.919. The topological polar surface area (TPSA) is 95.5 Å². The van der Waals surface area contributed by atoms with Crippen LogP contribution in [0.4, 0.5) is 10.9 Å². The average molecular weight is 381 g/mol. The van der Waals surface area contributed by atoms with E-state index in [9.17, 15) is 13.2 Å². The second-order valence-corrected chi connectivity index (χ2v) is 8.36. The van der Waals surface area contributed by atoms with Crippen LogP contribution in [-0.4, -0.2) is 61.6 Å². The van der Waals surface area contributed by atoms with E-state index in [1.807, 2.05) is 23.1 Å². The van der Waals surface area contributed by atoms with Gasteiger partial charge in [0.1, 0.15) is 5.82 Å². The quantitative estimate of drug-likeness (QED) is 0.823. The number of pyridine rings is 1. The molecule has 1 aliphatic heterocycles. The molecule has 25 heavy (non-hydrogen) atoms. The van der Waals surface area contributed by atoms with Crippen molar-refractivity contribution in [3.05, 3.63) is 35.5 Å². The summed E-state index contributed by atoms with van der Waals surface area (Å²) in [5, 5.41) is 1.99. The summed E-state index contributed by atoms with van der Waals surface area (Å²) < 4.78 is 24.7. The zero-order valence-electron chi connectivity index (χ0n) is 13.8. The number of amides is 1. The van der Waals surface area contributed by atoms with Crippen molar-refractivity contribution in [1.82, 2.24) is 14.9 Å². The number of carbonyl (C=O) groups excluding carboxylic acids is 1. The van der Waals surface area contributed by atoms with Gasteiger partial charge in [-0.1, -0.05) is 6.07 Å². The fourth-order valence-electron chi connectivity index (χ4n) is 2.59. The first-order valence-electron chi connectivity index (χ1n) is 7.77. The Labute approximate surface area is 150 Å². The molecular weight excluding hydrogens is 362 g/mol. The van der Waals surface area contributed by atoms with Gasteiger partial charge in [-0.15, -0.1) is 11.3 Å². The largest absolute Gasteiger partial charge is 0.353 e. The second kappa shape index (κ2) is 7.36. The van der Waals surface area contributed by atoms with Crippen LogP contribution in [0.2, 0.25) is 0 Å². The predicted octanol–water partition coefficient (Wildman–Crippen LogP) is 0.801. The van der Waals surface area contributed by atoms with Gasteiger partial charge in [0, 0.05) is 37.8 Å². The van der Waals surface area contributed by atoms with Crippen LogP contribution >= 0.6 is 11.3 Å². The zero-order chi connectivity index (χ0) is 17.9. The van der Waals surface area contributed by atoms with Gasteiger partial charge in [0.25, 0.3) is 0 Å². The van der Waals surface area contributed by atoms with Crippen LogP contribution in [0.25, 0.3) is 0 Å². The van der Waals surface area contributed by atoms with E-state index in [2.05, 4.69) is 19.6 Å². The maximum Gasteiger partial charge on any atom is 0.231 e. The van der Waals surface area contributed by atoms with Crippen molar-refractivity contribution in [2.75, 3.05) is 42.1 Å². The van der Waals surface area contributed by atoms with Gasteiger partial charge in [0.05, 0.1) is 18.4 Å². The van der Waals surface area contributed by atoms with Crippen molar-refractivity contribution < 1.29 is 13.2 Å². The average Bonchev–Trinajstić information content (AvgIpc) is 3.00. The maximum atomic E-state index is 12.4. The third kappa shape index (κ3) is 4.89. The molecule has 3 heterocycles. The first-order chi connectivity index (χ1) is 11.9. The van der Waals surface area contributed by atoms with Crippen molar-refractivity contribution in [2.24, 2.45) is 0 Å². The summed E-state index contributed by atoms with van der Waals surface area (Å²) >= 11 is 1.17. The highest BCUT2D eigenvalue weighted by Crippen LogP contribution is 2.18. The molecule has 1 fully saturated rings. The normalized spacial score (nSPS) is 15.2. The smallest absolute Gasteiger partial charge is 0.231 e. The molecule has 3 rings (SSSR count). The van der Waals surface area contributed by atoms with Gasteiger partial charge in [0.2, 0.25) is 15.9 Å². The molecule has 0 aliphatic carbocycles. The van der Waals surface area contributed by atoms with Crippen molar-refractivity contribution >= 4 is 38.2 Å². The minimum Gasteiger partial charge on any atom is -0.353 e. The number of aromatic nitrogens is 2. The third-order valence-corrected chi connectivity index (χ3v) is 5.26. The highest BCUT2D eigenvalue weighted by molar-refractivity contribution is 7.92. The van der Waals surface area contributed by atoms with Crippen molar-refractivity contribution in [1.29, 1.82) is 0 Å². The number of piperazine rings is 1.